The molecule has 0 unspecified atom stereocenters. The molecule has 0 bridgehead atoms. The molecule has 0 aliphatic rings. The largest absolute Gasteiger partial charge is 0.486 e. The van der Waals surface area contributed by atoms with Gasteiger partial charge in [-0.1, -0.05) is 40.0 Å². The van der Waals surface area contributed by atoms with Gasteiger partial charge in [-0.25, -0.2) is 4.79 Å². The zero-order chi connectivity index (χ0) is 20.1. The van der Waals surface area contributed by atoms with E-state index in [1.807, 2.05) is 0 Å². The second-order valence-corrected chi connectivity index (χ2v) is 6.77. The van der Waals surface area contributed by atoms with Gasteiger partial charge in [0.15, 0.2) is 5.84 Å². The minimum atomic E-state index is -0.814. The van der Waals surface area contributed by atoms with Crippen LogP contribution in [0.4, 0.5) is 0 Å². The summed E-state index contributed by atoms with van der Waals surface area (Å²) in [6.45, 7) is 0.126. The Bertz CT molecular complexity index is 1020. The summed E-state index contributed by atoms with van der Waals surface area (Å²) < 4.78 is 10.9. The van der Waals surface area contributed by atoms with Crippen LogP contribution in [0.15, 0.2) is 64.2 Å². The number of nitrogens with two attached hydrogens (primary N) is 1. The Morgan fingerprint density at radius 1 is 1.00 bits per heavy atom. The van der Waals surface area contributed by atoms with Gasteiger partial charge in [-0.15, -0.1) is 0 Å². The molecule has 0 saturated heterocycles. The van der Waals surface area contributed by atoms with Gasteiger partial charge in [0.25, 0.3) is 0 Å². The predicted octanol–water partition coefficient (Wildman–Crippen LogP) is 5.30. The van der Waals surface area contributed by atoms with Crippen LogP contribution in [0.2, 0.25) is 15.1 Å². The number of benzene rings is 2. The number of rotatable bonds is 6. The Balaban J connectivity index is 1.59. The van der Waals surface area contributed by atoms with Crippen molar-refractivity contribution in [3.8, 4) is 5.75 Å². The average Bonchev–Trinajstić information content (AvgIpc) is 3.14. The Labute approximate surface area is 175 Å². The molecule has 0 aliphatic heterocycles. The zero-order valence-corrected chi connectivity index (χ0v) is 16.5. The number of nitrogens with zero attached hydrogens (tertiary/aromatic N) is 1. The maximum absolute atomic E-state index is 12.1. The van der Waals surface area contributed by atoms with Gasteiger partial charge in [0, 0.05) is 15.6 Å². The molecule has 1 aromatic heterocycles. The van der Waals surface area contributed by atoms with Crippen LogP contribution in [0, 0.1) is 0 Å². The molecular formula is C19H13Cl3N2O4. The third kappa shape index (κ3) is 5.19. The highest BCUT2D eigenvalue weighted by atomic mass is 35.5. The van der Waals surface area contributed by atoms with E-state index in [2.05, 4.69) is 5.16 Å². The second kappa shape index (κ2) is 9.01. The van der Waals surface area contributed by atoms with Gasteiger partial charge < -0.3 is 19.7 Å². The van der Waals surface area contributed by atoms with E-state index in [0.717, 1.165) is 0 Å². The van der Waals surface area contributed by atoms with Crippen LogP contribution in [-0.2, 0) is 11.4 Å². The Hall–Kier alpha value is -2.67. The molecule has 2 N–H and O–H groups in total. The van der Waals surface area contributed by atoms with E-state index in [9.17, 15) is 4.79 Å². The Morgan fingerprint density at radius 3 is 2.43 bits per heavy atom. The van der Waals surface area contributed by atoms with Crippen molar-refractivity contribution < 1.29 is 18.8 Å². The van der Waals surface area contributed by atoms with Crippen molar-refractivity contribution >= 4 is 46.6 Å². The maximum atomic E-state index is 12.1. The molecular weight excluding hydrogens is 427 g/mol. The lowest BCUT2D eigenvalue weighted by Crippen LogP contribution is -2.15. The number of hydrogen-bond donors (Lipinski definition) is 1. The normalized spacial score (nSPS) is 11.3. The summed E-state index contributed by atoms with van der Waals surface area (Å²) in [6.07, 6.45) is 0. The molecule has 1 heterocycles. The van der Waals surface area contributed by atoms with Crippen LogP contribution >= 0.6 is 34.8 Å². The van der Waals surface area contributed by atoms with Gasteiger partial charge in [-0.3, -0.25) is 0 Å². The van der Waals surface area contributed by atoms with Gasteiger partial charge in [-0.2, -0.15) is 0 Å². The number of carbonyl (C=O) groups excluding carboxylic acids is 1. The molecule has 0 atom stereocenters. The summed E-state index contributed by atoms with van der Waals surface area (Å²) in [5.41, 5.74) is 6.17. The van der Waals surface area contributed by atoms with Crippen molar-refractivity contribution in [1.82, 2.24) is 0 Å². The molecule has 3 rings (SSSR count). The highest BCUT2D eigenvalue weighted by Crippen LogP contribution is 2.21. The Morgan fingerprint density at radius 2 is 1.71 bits per heavy atom. The zero-order valence-electron chi connectivity index (χ0n) is 14.2. The van der Waals surface area contributed by atoms with Gasteiger partial charge in [0.1, 0.15) is 18.1 Å². The third-order valence-corrected chi connectivity index (χ3v) is 4.29. The lowest BCUT2D eigenvalue weighted by molar-refractivity contribution is 0.0475. The number of halogens is 3. The van der Waals surface area contributed by atoms with E-state index in [1.54, 1.807) is 42.5 Å². The average molecular weight is 440 g/mol. The lowest BCUT2D eigenvalue weighted by atomic mass is 10.2. The van der Waals surface area contributed by atoms with Gasteiger partial charge >= 0.3 is 5.97 Å². The van der Waals surface area contributed by atoms with Crippen LogP contribution < -0.4 is 10.5 Å². The molecule has 6 nitrogen and oxygen atoms in total. The van der Waals surface area contributed by atoms with Crippen molar-refractivity contribution in [2.45, 2.75) is 6.61 Å². The van der Waals surface area contributed by atoms with E-state index >= 15 is 0 Å². The first kappa shape index (κ1) is 20.1. The fourth-order valence-corrected chi connectivity index (χ4v) is 2.76. The summed E-state index contributed by atoms with van der Waals surface area (Å²) >= 11 is 17.7. The van der Waals surface area contributed by atoms with E-state index < -0.39 is 5.97 Å². The summed E-state index contributed by atoms with van der Waals surface area (Å²) in [4.78, 5) is 16.9. The second-order valence-electron chi connectivity index (χ2n) is 5.49. The lowest BCUT2D eigenvalue weighted by Gasteiger charge is -2.04. The minimum absolute atomic E-state index is 0.0477. The van der Waals surface area contributed by atoms with Crippen LogP contribution in [0.3, 0.4) is 0 Å². The SMILES string of the molecule is N/C(=N\OC(=O)c1ccc(COc2ccc(Cl)cc2)o1)c1ccc(Cl)cc1Cl. The summed E-state index contributed by atoms with van der Waals surface area (Å²) in [7, 11) is 0. The summed E-state index contributed by atoms with van der Waals surface area (Å²) in [5.74, 6) is 0.105. The number of amidine groups is 1. The smallest absolute Gasteiger partial charge is 0.400 e. The molecule has 144 valence electrons. The molecule has 0 fully saturated rings. The van der Waals surface area contributed by atoms with Gasteiger partial charge in [0.2, 0.25) is 5.76 Å². The van der Waals surface area contributed by atoms with Crippen molar-refractivity contribution in [2.75, 3.05) is 0 Å². The fraction of sp³-hybridized carbons (Fsp3) is 0.0526. The highest BCUT2D eigenvalue weighted by Gasteiger charge is 2.15. The molecule has 0 aliphatic carbocycles. The first-order valence-electron chi connectivity index (χ1n) is 7.89. The molecule has 28 heavy (non-hydrogen) atoms. The Kier molecular flexibility index (Phi) is 6.46. The number of hydrogen-bond acceptors (Lipinski definition) is 5. The van der Waals surface area contributed by atoms with Crippen LogP contribution in [0.1, 0.15) is 21.9 Å². The maximum Gasteiger partial charge on any atom is 0.400 e. The molecule has 0 spiro atoms. The molecule has 0 saturated carbocycles. The predicted molar refractivity (Wildman–Crippen MR) is 107 cm³/mol. The first-order chi connectivity index (χ1) is 13.4. The van der Waals surface area contributed by atoms with Crippen molar-refractivity contribution in [2.24, 2.45) is 10.9 Å². The first-order valence-corrected chi connectivity index (χ1v) is 9.03. The molecule has 0 radical (unpaired) electrons. The third-order valence-electron chi connectivity index (χ3n) is 3.49. The number of oxime groups is 1. The van der Waals surface area contributed by atoms with Gasteiger partial charge in [-0.05, 0) is 54.6 Å². The number of furan rings is 1. The fourth-order valence-electron chi connectivity index (χ4n) is 2.13. The topological polar surface area (TPSA) is 87.1 Å². The standard InChI is InChI=1S/C19H13Cl3N2O4/c20-11-1-4-13(5-2-11)26-10-14-6-8-17(27-14)19(25)28-24-18(23)15-7-3-12(21)9-16(15)22/h1-9H,10H2,(H2,23,24). The highest BCUT2D eigenvalue weighted by molar-refractivity contribution is 6.36. The number of ether oxygens (including phenoxy) is 1. The number of carbonyl (C=O) groups is 1. The molecule has 3 aromatic rings. The molecule has 9 heteroatoms. The van der Waals surface area contributed by atoms with Crippen molar-refractivity contribution in [1.29, 1.82) is 0 Å². The summed E-state index contributed by atoms with van der Waals surface area (Å²) in [6, 6.07) is 14.6. The van der Waals surface area contributed by atoms with E-state index in [0.29, 0.717) is 27.1 Å². The molecule has 0 amide bonds. The quantitative estimate of drug-likeness (QED) is 0.244. The van der Waals surface area contributed by atoms with Crippen LogP contribution in [0.5, 0.6) is 5.75 Å². The van der Waals surface area contributed by atoms with Crippen LogP contribution in [-0.4, -0.2) is 11.8 Å². The van der Waals surface area contributed by atoms with Crippen LogP contribution in [0.25, 0.3) is 0 Å². The minimum Gasteiger partial charge on any atom is -0.486 e. The van der Waals surface area contributed by atoms with E-state index in [1.165, 1.54) is 12.1 Å². The van der Waals surface area contributed by atoms with Gasteiger partial charge in [0.05, 0.1) is 5.02 Å². The monoisotopic (exact) mass is 438 g/mol. The van der Waals surface area contributed by atoms with E-state index in [4.69, 9.17) is 54.5 Å². The van der Waals surface area contributed by atoms with Crippen molar-refractivity contribution in [3.63, 3.8) is 0 Å². The van der Waals surface area contributed by atoms with Crippen molar-refractivity contribution in [3.05, 3.63) is 86.7 Å². The van der Waals surface area contributed by atoms with E-state index in [-0.39, 0.29) is 23.2 Å². The summed E-state index contributed by atoms with van der Waals surface area (Å²) in [5, 5.41) is 4.92. The molecule has 2 aromatic carbocycles.